The van der Waals surface area contributed by atoms with E-state index >= 15 is 0 Å². The van der Waals surface area contributed by atoms with Crippen molar-refractivity contribution in [1.82, 2.24) is 10.6 Å². The third-order valence-electron chi connectivity index (χ3n) is 3.23. The first-order valence-corrected chi connectivity index (χ1v) is 7.49. The molecule has 0 atom stereocenters. The summed E-state index contributed by atoms with van der Waals surface area (Å²) in [6.45, 7) is 5.99. The van der Waals surface area contributed by atoms with Gasteiger partial charge < -0.3 is 10.6 Å². The molecular weight excluding hydrogens is 268 g/mol. The van der Waals surface area contributed by atoms with Gasteiger partial charge in [0.15, 0.2) is 0 Å². The molecule has 1 aromatic carbocycles. The van der Waals surface area contributed by atoms with E-state index in [2.05, 4.69) is 30.5 Å². The van der Waals surface area contributed by atoms with Crippen molar-refractivity contribution in [2.45, 2.75) is 26.9 Å². The van der Waals surface area contributed by atoms with Crippen LogP contribution < -0.4 is 10.6 Å². The molecule has 0 aliphatic rings. The Morgan fingerprint density at radius 2 is 1.85 bits per heavy atom. The minimum absolute atomic E-state index is 0.0473. The lowest BCUT2D eigenvalue weighted by atomic mass is 10.1. The summed E-state index contributed by atoms with van der Waals surface area (Å²) in [5.41, 5.74) is 3.25. The number of amides is 1. The van der Waals surface area contributed by atoms with Gasteiger partial charge in [-0.25, -0.2) is 0 Å². The van der Waals surface area contributed by atoms with E-state index in [9.17, 15) is 4.79 Å². The van der Waals surface area contributed by atoms with Gasteiger partial charge in [-0.2, -0.15) is 0 Å². The fourth-order valence-corrected chi connectivity index (χ4v) is 3.07. The molecule has 1 amide bonds. The standard InChI is InChI=1S/C16H20N2OS/c1-11-8-15(12(2)20-11)10-18-9-13-4-6-14(7-5-13)16(19)17-3/h4-8,18H,9-10H2,1-3H3,(H,17,19). The summed E-state index contributed by atoms with van der Waals surface area (Å²) in [5.74, 6) is -0.0473. The summed E-state index contributed by atoms with van der Waals surface area (Å²) in [6.07, 6.45) is 0. The van der Waals surface area contributed by atoms with E-state index in [-0.39, 0.29) is 5.91 Å². The highest BCUT2D eigenvalue weighted by atomic mass is 32.1. The average molecular weight is 288 g/mol. The van der Waals surface area contributed by atoms with E-state index in [0.29, 0.717) is 5.56 Å². The Morgan fingerprint density at radius 1 is 1.15 bits per heavy atom. The lowest BCUT2D eigenvalue weighted by Gasteiger charge is -2.06. The molecular formula is C16H20N2OS. The van der Waals surface area contributed by atoms with E-state index in [1.165, 1.54) is 20.9 Å². The number of rotatable bonds is 5. The maximum absolute atomic E-state index is 11.4. The molecule has 4 heteroatoms. The van der Waals surface area contributed by atoms with Gasteiger partial charge in [0.05, 0.1) is 0 Å². The number of carbonyl (C=O) groups is 1. The van der Waals surface area contributed by atoms with Crippen molar-refractivity contribution in [3.8, 4) is 0 Å². The molecule has 0 aliphatic heterocycles. The number of hydrogen-bond acceptors (Lipinski definition) is 3. The number of aryl methyl sites for hydroxylation is 2. The first-order valence-electron chi connectivity index (χ1n) is 6.68. The zero-order valence-corrected chi connectivity index (χ0v) is 12.9. The Labute approximate surface area is 124 Å². The molecule has 2 N–H and O–H groups in total. The molecule has 0 spiro atoms. The minimum Gasteiger partial charge on any atom is -0.355 e. The van der Waals surface area contributed by atoms with Crippen molar-refractivity contribution in [3.05, 3.63) is 56.8 Å². The zero-order chi connectivity index (χ0) is 14.5. The summed E-state index contributed by atoms with van der Waals surface area (Å²) in [5, 5.41) is 6.06. The van der Waals surface area contributed by atoms with Crippen molar-refractivity contribution >= 4 is 17.2 Å². The third kappa shape index (κ3) is 3.68. The lowest BCUT2D eigenvalue weighted by Crippen LogP contribution is -2.18. The van der Waals surface area contributed by atoms with Gasteiger partial charge in [-0.05, 0) is 43.2 Å². The van der Waals surface area contributed by atoms with Crippen LogP contribution in [0.5, 0.6) is 0 Å². The van der Waals surface area contributed by atoms with E-state index in [1.54, 1.807) is 7.05 Å². The number of nitrogens with one attached hydrogen (secondary N) is 2. The molecule has 1 heterocycles. The van der Waals surface area contributed by atoms with Gasteiger partial charge in [-0.3, -0.25) is 4.79 Å². The van der Waals surface area contributed by atoms with Crippen LogP contribution in [0.15, 0.2) is 30.3 Å². The quantitative estimate of drug-likeness (QED) is 0.888. The topological polar surface area (TPSA) is 41.1 Å². The van der Waals surface area contributed by atoms with Crippen LogP contribution in [0, 0.1) is 13.8 Å². The molecule has 3 nitrogen and oxygen atoms in total. The Hall–Kier alpha value is -1.65. The number of thiophene rings is 1. The maximum atomic E-state index is 11.4. The Bertz CT molecular complexity index is 587. The molecule has 0 fully saturated rings. The van der Waals surface area contributed by atoms with Crippen LogP contribution in [0.1, 0.15) is 31.2 Å². The van der Waals surface area contributed by atoms with Crippen molar-refractivity contribution < 1.29 is 4.79 Å². The Balaban J connectivity index is 1.88. The second-order valence-electron chi connectivity index (χ2n) is 4.82. The molecule has 20 heavy (non-hydrogen) atoms. The number of hydrogen-bond donors (Lipinski definition) is 2. The first-order chi connectivity index (χ1) is 9.60. The van der Waals surface area contributed by atoms with E-state index < -0.39 is 0 Å². The van der Waals surface area contributed by atoms with Crippen molar-refractivity contribution in [3.63, 3.8) is 0 Å². The lowest BCUT2D eigenvalue weighted by molar-refractivity contribution is 0.0963. The molecule has 0 saturated carbocycles. The number of carbonyl (C=O) groups excluding carboxylic acids is 1. The summed E-state index contributed by atoms with van der Waals surface area (Å²) in [7, 11) is 1.64. The average Bonchev–Trinajstić information content (AvgIpc) is 2.77. The fourth-order valence-electron chi connectivity index (χ4n) is 2.12. The highest BCUT2D eigenvalue weighted by molar-refractivity contribution is 7.12. The molecule has 2 aromatic rings. The maximum Gasteiger partial charge on any atom is 0.251 e. The van der Waals surface area contributed by atoms with Gasteiger partial charge >= 0.3 is 0 Å². The van der Waals surface area contributed by atoms with Gasteiger partial charge in [0.2, 0.25) is 0 Å². The second kappa shape index (κ2) is 6.68. The minimum atomic E-state index is -0.0473. The Kier molecular flexibility index (Phi) is 4.93. The fraction of sp³-hybridized carbons (Fsp3) is 0.312. The van der Waals surface area contributed by atoms with Gasteiger partial charge in [-0.15, -0.1) is 11.3 Å². The molecule has 0 unspecified atom stereocenters. The van der Waals surface area contributed by atoms with Gasteiger partial charge in [0.1, 0.15) is 0 Å². The highest BCUT2D eigenvalue weighted by Gasteiger charge is 2.04. The first kappa shape index (κ1) is 14.8. The van der Waals surface area contributed by atoms with Crippen molar-refractivity contribution in [2.75, 3.05) is 7.05 Å². The van der Waals surface area contributed by atoms with Crippen molar-refractivity contribution in [2.24, 2.45) is 0 Å². The number of benzene rings is 1. The third-order valence-corrected chi connectivity index (χ3v) is 4.24. The molecule has 106 valence electrons. The van der Waals surface area contributed by atoms with Crippen LogP contribution in [-0.4, -0.2) is 13.0 Å². The second-order valence-corrected chi connectivity index (χ2v) is 6.28. The summed E-state index contributed by atoms with van der Waals surface area (Å²) in [4.78, 5) is 14.2. The molecule has 0 aliphatic carbocycles. The van der Waals surface area contributed by atoms with E-state index in [4.69, 9.17) is 0 Å². The van der Waals surface area contributed by atoms with Gasteiger partial charge in [-0.1, -0.05) is 12.1 Å². The highest BCUT2D eigenvalue weighted by Crippen LogP contribution is 2.20. The smallest absolute Gasteiger partial charge is 0.251 e. The molecule has 1 aromatic heterocycles. The van der Waals surface area contributed by atoms with Crippen LogP contribution in [0.4, 0.5) is 0 Å². The van der Waals surface area contributed by atoms with Gasteiger partial charge in [0, 0.05) is 35.5 Å². The van der Waals surface area contributed by atoms with Crippen LogP contribution in [0.2, 0.25) is 0 Å². The largest absolute Gasteiger partial charge is 0.355 e. The zero-order valence-electron chi connectivity index (χ0n) is 12.1. The molecule has 0 saturated heterocycles. The predicted octanol–water partition coefficient (Wildman–Crippen LogP) is 3.01. The monoisotopic (exact) mass is 288 g/mol. The summed E-state index contributed by atoms with van der Waals surface area (Å²) in [6, 6.07) is 9.93. The predicted molar refractivity (Wildman–Crippen MR) is 84.2 cm³/mol. The summed E-state index contributed by atoms with van der Waals surface area (Å²) < 4.78 is 0. The molecule has 0 radical (unpaired) electrons. The van der Waals surface area contributed by atoms with Crippen LogP contribution in [0.3, 0.4) is 0 Å². The van der Waals surface area contributed by atoms with E-state index in [0.717, 1.165) is 13.1 Å². The summed E-state index contributed by atoms with van der Waals surface area (Å²) >= 11 is 1.84. The molecule has 2 rings (SSSR count). The SMILES string of the molecule is CNC(=O)c1ccc(CNCc2cc(C)sc2C)cc1. The van der Waals surface area contributed by atoms with Crippen molar-refractivity contribution in [1.29, 1.82) is 0 Å². The van der Waals surface area contributed by atoms with Crippen LogP contribution >= 0.6 is 11.3 Å². The normalized spacial score (nSPS) is 10.6. The van der Waals surface area contributed by atoms with Gasteiger partial charge in [0.25, 0.3) is 5.91 Å². The Morgan fingerprint density at radius 3 is 2.40 bits per heavy atom. The molecule has 0 bridgehead atoms. The van der Waals surface area contributed by atoms with Crippen LogP contribution in [0.25, 0.3) is 0 Å². The van der Waals surface area contributed by atoms with Crippen LogP contribution in [-0.2, 0) is 13.1 Å². The van der Waals surface area contributed by atoms with E-state index in [1.807, 2.05) is 35.6 Å².